The Morgan fingerprint density at radius 2 is 2.07 bits per heavy atom. The van der Waals surface area contributed by atoms with Crippen LogP contribution in [0, 0.1) is 0 Å². The lowest BCUT2D eigenvalue weighted by Crippen LogP contribution is -2.41. The third-order valence-electron chi connectivity index (χ3n) is 1.55. The van der Waals surface area contributed by atoms with Gasteiger partial charge in [-0.05, 0) is 13.8 Å². The van der Waals surface area contributed by atoms with E-state index in [0.717, 1.165) is 4.90 Å². The summed E-state index contributed by atoms with van der Waals surface area (Å²) < 4.78 is 5.20. The minimum Gasteiger partial charge on any atom is -0.480 e. The van der Waals surface area contributed by atoms with Gasteiger partial charge in [0, 0.05) is 13.6 Å². The van der Waals surface area contributed by atoms with Gasteiger partial charge >= 0.3 is 12.0 Å². The molecule has 0 fully saturated rings. The van der Waals surface area contributed by atoms with Gasteiger partial charge in [0.05, 0.1) is 12.7 Å². The number of nitrogens with zero attached hydrogens (tertiary/aromatic N) is 1. The van der Waals surface area contributed by atoms with Crippen LogP contribution in [0.15, 0.2) is 0 Å². The Bertz CT molecular complexity index is 218. The predicted molar refractivity (Wildman–Crippen MR) is 54.8 cm³/mol. The van der Waals surface area contributed by atoms with Crippen LogP contribution in [0.25, 0.3) is 0 Å². The van der Waals surface area contributed by atoms with Crippen molar-refractivity contribution in [3.05, 3.63) is 0 Å². The lowest BCUT2D eigenvalue weighted by molar-refractivity contribution is -0.137. The third kappa shape index (κ3) is 7.75. The van der Waals surface area contributed by atoms with Gasteiger partial charge in [-0.3, -0.25) is 4.79 Å². The first kappa shape index (κ1) is 13.7. The number of nitrogens with one attached hydrogen (secondary N) is 1. The summed E-state index contributed by atoms with van der Waals surface area (Å²) in [6.45, 7) is 4.29. The third-order valence-corrected chi connectivity index (χ3v) is 1.55. The van der Waals surface area contributed by atoms with E-state index in [9.17, 15) is 9.59 Å². The molecule has 0 saturated carbocycles. The molecule has 2 N–H and O–H groups in total. The standard InChI is InChI=1S/C9H18N2O4/c1-7(2)15-5-4-10-9(14)11(3)6-8(12)13/h7H,4-6H2,1-3H3,(H,10,14)(H,12,13). The van der Waals surface area contributed by atoms with Gasteiger partial charge in [0.2, 0.25) is 0 Å². The number of carbonyl (C=O) groups is 2. The molecule has 6 heteroatoms. The number of hydrogen-bond donors (Lipinski definition) is 2. The number of amides is 2. The Balaban J connectivity index is 3.60. The van der Waals surface area contributed by atoms with Crippen molar-refractivity contribution in [2.45, 2.75) is 20.0 Å². The summed E-state index contributed by atoms with van der Waals surface area (Å²) >= 11 is 0. The monoisotopic (exact) mass is 218 g/mol. The van der Waals surface area contributed by atoms with Gasteiger partial charge < -0.3 is 20.1 Å². The maximum atomic E-state index is 11.2. The molecule has 0 aromatic carbocycles. The molecule has 0 aliphatic carbocycles. The molecule has 0 saturated heterocycles. The first-order valence-electron chi connectivity index (χ1n) is 4.76. The molecule has 0 unspecified atom stereocenters. The largest absolute Gasteiger partial charge is 0.480 e. The number of carbonyl (C=O) groups excluding carboxylic acids is 1. The van der Waals surface area contributed by atoms with Crippen LogP contribution in [0.2, 0.25) is 0 Å². The molecule has 0 bridgehead atoms. The molecule has 2 amide bonds. The minimum absolute atomic E-state index is 0.124. The van der Waals surface area contributed by atoms with E-state index in [1.54, 1.807) is 0 Å². The van der Waals surface area contributed by atoms with Crippen LogP contribution in [-0.2, 0) is 9.53 Å². The lowest BCUT2D eigenvalue weighted by Gasteiger charge is -2.15. The van der Waals surface area contributed by atoms with E-state index in [2.05, 4.69) is 5.32 Å². The van der Waals surface area contributed by atoms with Crippen LogP contribution in [0.3, 0.4) is 0 Å². The van der Waals surface area contributed by atoms with Gasteiger partial charge in [-0.25, -0.2) is 4.79 Å². The molecule has 88 valence electrons. The molecule has 0 aromatic heterocycles. The van der Waals surface area contributed by atoms with Crippen molar-refractivity contribution in [3.63, 3.8) is 0 Å². The van der Waals surface area contributed by atoms with Crippen molar-refractivity contribution in [3.8, 4) is 0 Å². The van der Waals surface area contributed by atoms with Crippen LogP contribution < -0.4 is 5.32 Å². The highest BCUT2D eigenvalue weighted by molar-refractivity contribution is 5.79. The maximum absolute atomic E-state index is 11.2. The number of rotatable bonds is 6. The molecule has 0 rings (SSSR count). The summed E-state index contributed by atoms with van der Waals surface area (Å²) in [5, 5.41) is 11.0. The number of hydrogen-bond acceptors (Lipinski definition) is 3. The van der Waals surface area contributed by atoms with Crippen molar-refractivity contribution >= 4 is 12.0 Å². The van der Waals surface area contributed by atoms with Crippen molar-refractivity contribution in [2.24, 2.45) is 0 Å². The minimum atomic E-state index is -1.04. The van der Waals surface area contributed by atoms with Crippen LogP contribution >= 0.6 is 0 Å². The van der Waals surface area contributed by atoms with Crippen LogP contribution in [-0.4, -0.2) is 54.9 Å². The second-order valence-corrected chi connectivity index (χ2v) is 3.40. The fourth-order valence-corrected chi connectivity index (χ4v) is 0.862. The smallest absolute Gasteiger partial charge is 0.323 e. The summed E-state index contributed by atoms with van der Waals surface area (Å²) in [6.07, 6.45) is 0.124. The molecule has 0 heterocycles. The molecule has 0 atom stereocenters. The van der Waals surface area contributed by atoms with E-state index in [0.29, 0.717) is 13.2 Å². The van der Waals surface area contributed by atoms with E-state index in [1.807, 2.05) is 13.8 Å². The SMILES string of the molecule is CC(C)OCCNC(=O)N(C)CC(=O)O. The predicted octanol–water partition coefficient (Wildman–Crippen LogP) is 0.137. The average Bonchev–Trinajstić information content (AvgIpc) is 2.10. The fraction of sp³-hybridized carbons (Fsp3) is 0.778. The van der Waals surface area contributed by atoms with Gasteiger partial charge in [0.1, 0.15) is 6.54 Å². The van der Waals surface area contributed by atoms with E-state index >= 15 is 0 Å². The van der Waals surface area contributed by atoms with E-state index in [4.69, 9.17) is 9.84 Å². The van der Waals surface area contributed by atoms with E-state index in [1.165, 1.54) is 7.05 Å². The number of carboxylic acid groups (broad SMARTS) is 1. The topological polar surface area (TPSA) is 78.9 Å². The zero-order valence-electron chi connectivity index (χ0n) is 9.32. The number of likely N-dealkylation sites (N-methyl/N-ethyl adjacent to an activating group) is 1. The van der Waals surface area contributed by atoms with Crippen molar-refractivity contribution in [2.75, 3.05) is 26.7 Å². The highest BCUT2D eigenvalue weighted by Gasteiger charge is 2.10. The highest BCUT2D eigenvalue weighted by Crippen LogP contribution is 1.87. The molecular weight excluding hydrogens is 200 g/mol. The second kappa shape index (κ2) is 7.05. The number of urea groups is 1. The number of ether oxygens (including phenoxy) is 1. The van der Waals surface area contributed by atoms with Gasteiger partial charge in [0.15, 0.2) is 0 Å². The highest BCUT2D eigenvalue weighted by atomic mass is 16.5. The van der Waals surface area contributed by atoms with Gasteiger partial charge in [-0.1, -0.05) is 0 Å². The zero-order valence-corrected chi connectivity index (χ0v) is 9.32. The van der Waals surface area contributed by atoms with Crippen LogP contribution in [0.4, 0.5) is 4.79 Å². The lowest BCUT2D eigenvalue weighted by atomic mass is 10.5. The van der Waals surface area contributed by atoms with Crippen LogP contribution in [0.5, 0.6) is 0 Å². The van der Waals surface area contributed by atoms with E-state index < -0.39 is 12.0 Å². The Labute approximate surface area is 89.2 Å². The fourth-order valence-electron chi connectivity index (χ4n) is 0.862. The summed E-state index contributed by atoms with van der Waals surface area (Å²) in [5.74, 6) is -1.04. The van der Waals surface area contributed by atoms with Crippen molar-refractivity contribution in [1.82, 2.24) is 10.2 Å². The molecule has 15 heavy (non-hydrogen) atoms. The molecule has 0 aliphatic rings. The Morgan fingerprint density at radius 1 is 1.47 bits per heavy atom. The first-order valence-corrected chi connectivity index (χ1v) is 4.76. The quantitative estimate of drug-likeness (QED) is 0.621. The molecule has 6 nitrogen and oxygen atoms in total. The molecule has 0 spiro atoms. The zero-order chi connectivity index (χ0) is 11.8. The Kier molecular flexibility index (Phi) is 6.44. The summed E-state index contributed by atoms with van der Waals surface area (Å²) in [7, 11) is 1.42. The molecule has 0 aliphatic heterocycles. The van der Waals surface area contributed by atoms with Gasteiger partial charge in [-0.15, -0.1) is 0 Å². The van der Waals surface area contributed by atoms with E-state index in [-0.39, 0.29) is 12.6 Å². The maximum Gasteiger partial charge on any atom is 0.323 e. The Morgan fingerprint density at radius 3 is 2.53 bits per heavy atom. The summed E-state index contributed by atoms with van der Waals surface area (Å²) in [4.78, 5) is 22.6. The number of aliphatic carboxylic acids is 1. The average molecular weight is 218 g/mol. The van der Waals surface area contributed by atoms with Gasteiger partial charge in [-0.2, -0.15) is 0 Å². The summed E-state index contributed by atoms with van der Waals surface area (Å²) in [6, 6.07) is -0.412. The first-order chi connectivity index (χ1) is 6.93. The molecular formula is C9H18N2O4. The number of carboxylic acids is 1. The Hall–Kier alpha value is -1.30. The summed E-state index contributed by atoms with van der Waals surface area (Å²) in [5.41, 5.74) is 0. The molecule has 0 aromatic rings. The van der Waals surface area contributed by atoms with Crippen molar-refractivity contribution in [1.29, 1.82) is 0 Å². The normalized spacial score (nSPS) is 10.1. The molecule has 0 radical (unpaired) electrons. The van der Waals surface area contributed by atoms with Gasteiger partial charge in [0.25, 0.3) is 0 Å². The van der Waals surface area contributed by atoms with Crippen LogP contribution in [0.1, 0.15) is 13.8 Å². The van der Waals surface area contributed by atoms with Crippen molar-refractivity contribution < 1.29 is 19.4 Å². The second-order valence-electron chi connectivity index (χ2n) is 3.40.